The van der Waals surface area contributed by atoms with Gasteiger partial charge >= 0.3 is 0 Å². The summed E-state index contributed by atoms with van der Waals surface area (Å²) in [7, 11) is 2.03. The summed E-state index contributed by atoms with van der Waals surface area (Å²) in [4.78, 5) is 2.50. The lowest BCUT2D eigenvalue weighted by Gasteiger charge is -2.39. The first-order chi connectivity index (χ1) is 9.65. The topological polar surface area (TPSA) is 24.5 Å². The van der Waals surface area contributed by atoms with E-state index in [1.165, 1.54) is 11.1 Å². The molecular formula is C17H28N2O. The van der Waals surface area contributed by atoms with Crippen molar-refractivity contribution in [1.29, 1.82) is 0 Å². The summed E-state index contributed by atoms with van der Waals surface area (Å²) in [6.45, 7) is 9.58. The number of rotatable bonds is 5. The Hall–Kier alpha value is -0.900. The number of morpholine rings is 1. The van der Waals surface area contributed by atoms with E-state index >= 15 is 0 Å². The normalized spacial score (nSPS) is 22.1. The fourth-order valence-corrected chi connectivity index (χ4v) is 2.94. The summed E-state index contributed by atoms with van der Waals surface area (Å²) in [5, 5.41) is 3.45. The predicted molar refractivity (Wildman–Crippen MR) is 84.1 cm³/mol. The average Bonchev–Trinajstić information content (AvgIpc) is 2.48. The first-order valence-electron chi connectivity index (χ1n) is 7.77. The van der Waals surface area contributed by atoms with Crippen LogP contribution in [0.3, 0.4) is 0 Å². The van der Waals surface area contributed by atoms with Gasteiger partial charge in [0.05, 0.1) is 18.8 Å². The third-order valence-electron chi connectivity index (χ3n) is 4.26. The van der Waals surface area contributed by atoms with E-state index in [2.05, 4.69) is 55.3 Å². The number of hydrogen-bond acceptors (Lipinski definition) is 3. The van der Waals surface area contributed by atoms with E-state index in [1.54, 1.807) is 0 Å². The van der Waals surface area contributed by atoms with Gasteiger partial charge in [0, 0.05) is 19.1 Å². The summed E-state index contributed by atoms with van der Waals surface area (Å²) < 4.78 is 6.04. The second-order valence-corrected chi connectivity index (χ2v) is 5.86. The second-order valence-electron chi connectivity index (χ2n) is 5.86. The first kappa shape index (κ1) is 15.5. The van der Waals surface area contributed by atoms with E-state index in [1.807, 2.05) is 7.05 Å². The number of nitrogens with zero attached hydrogens (tertiary/aromatic N) is 1. The predicted octanol–water partition coefficient (Wildman–Crippen LogP) is 2.62. The van der Waals surface area contributed by atoms with E-state index in [9.17, 15) is 0 Å². The molecule has 2 unspecified atom stereocenters. The Labute approximate surface area is 123 Å². The summed E-state index contributed by atoms with van der Waals surface area (Å²) >= 11 is 0. The standard InChI is InChI=1S/C17H28N2O/c1-5-14-7-6-8-15(11-14)17(18-4)16-12-19(13(2)3)9-10-20-16/h6-8,11,13,16-18H,5,9-10,12H2,1-4H3. The molecule has 0 aliphatic carbocycles. The van der Waals surface area contributed by atoms with Gasteiger partial charge in [0.2, 0.25) is 0 Å². The molecule has 1 heterocycles. The third kappa shape index (κ3) is 3.60. The zero-order valence-corrected chi connectivity index (χ0v) is 13.2. The Morgan fingerprint density at radius 1 is 1.40 bits per heavy atom. The molecule has 3 heteroatoms. The molecule has 1 aliphatic rings. The van der Waals surface area contributed by atoms with Crippen molar-refractivity contribution < 1.29 is 4.74 Å². The second kappa shape index (κ2) is 7.21. The molecule has 0 spiro atoms. The SMILES string of the molecule is CCc1cccc(C(NC)C2CN(C(C)C)CCO2)c1. The molecule has 1 aliphatic heterocycles. The van der Waals surface area contributed by atoms with Crippen LogP contribution in [0, 0.1) is 0 Å². The third-order valence-corrected chi connectivity index (χ3v) is 4.26. The number of ether oxygens (including phenoxy) is 1. The van der Waals surface area contributed by atoms with E-state index in [0.717, 1.165) is 26.1 Å². The van der Waals surface area contributed by atoms with Crippen LogP contribution in [-0.2, 0) is 11.2 Å². The largest absolute Gasteiger partial charge is 0.374 e. The van der Waals surface area contributed by atoms with Gasteiger partial charge in [-0.05, 0) is 38.4 Å². The zero-order chi connectivity index (χ0) is 14.5. The minimum atomic E-state index is 0.225. The van der Waals surface area contributed by atoms with Gasteiger partial charge in [-0.15, -0.1) is 0 Å². The van der Waals surface area contributed by atoms with Gasteiger partial charge in [-0.3, -0.25) is 4.90 Å². The monoisotopic (exact) mass is 276 g/mol. The van der Waals surface area contributed by atoms with E-state index in [0.29, 0.717) is 6.04 Å². The summed E-state index contributed by atoms with van der Waals surface area (Å²) in [5.74, 6) is 0. The lowest BCUT2D eigenvalue weighted by molar-refractivity contribution is -0.0550. The fourth-order valence-electron chi connectivity index (χ4n) is 2.94. The Bertz CT molecular complexity index is 419. The highest BCUT2D eigenvalue weighted by Gasteiger charge is 2.29. The van der Waals surface area contributed by atoms with Crippen molar-refractivity contribution >= 4 is 0 Å². The molecule has 0 amide bonds. The Morgan fingerprint density at radius 3 is 2.85 bits per heavy atom. The van der Waals surface area contributed by atoms with Crippen LogP contribution >= 0.6 is 0 Å². The number of hydrogen-bond donors (Lipinski definition) is 1. The van der Waals surface area contributed by atoms with E-state index < -0.39 is 0 Å². The molecule has 1 N–H and O–H groups in total. The molecule has 112 valence electrons. The maximum atomic E-state index is 6.04. The van der Waals surface area contributed by atoms with Crippen LogP contribution in [0.5, 0.6) is 0 Å². The van der Waals surface area contributed by atoms with Gasteiger partial charge < -0.3 is 10.1 Å². The average molecular weight is 276 g/mol. The van der Waals surface area contributed by atoms with Crippen LogP contribution in [0.25, 0.3) is 0 Å². The van der Waals surface area contributed by atoms with Crippen molar-refractivity contribution in [3.05, 3.63) is 35.4 Å². The Morgan fingerprint density at radius 2 is 2.20 bits per heavy atom. The molecule has 20 heavy (non-hydrogen) atoms. The van der Waals surface area contributed by atoms with Crippen LogP contribution in [0.4, 0.5) is 0 Å². The maximum Gasteiger partial charge on any atom is 0.0896 e. The highest BCUT2D eigenvalue weighted by atomic mass is 16.5. The molecule has 1 saturated heterocycles. The minimum Gasteiger partial charge on any atom is -0.374 e. The van der Waals surface area contributed by atoms with E-state index in [-0.39, 0.29) is 12.1 Å². The molecule has 1 aromatic rings. The van der Waals surface area contributed by atoms with Crippen LogP contribution in [0.15, 0.2) is 24.3 Å². The highest BCUT2D eigenvalue weighted by molar-refractivity contribution is 5.27. The van der Waals surface area contributed by atoms with Gasteiger partial charge in [-0.1, -0.05) is 31.2 Å². The smallest absolute Gasteiger partial charge is 0.0896 e. The highest BCUT2D eigenvalue weighted by Crippen LogP contribution is 2.24. The van der Waals surface area contributed by atoms with Crippen molar-refractivity contribution in [2.45, 2.75) is 45.4 Å². The van der Waals surface area contributed by atoms with Crippen LogP contribution in [0.2, 0.25) is 0 Å². The summed E-state index contributed by atoms with van der Waals surface area (Å²) in [6.07, 6.45) is 1.30. The first-order valence-corrected chi connectivity index (χ1v) is 7.77. The molecule has 3 nitrogen and oxygen atoms in total. The molecule has 1 aromatic carbocycles. The molecule has 2 atom stereocenters. The molecule has 0 saturated carbocycles. The van der Waals surface area contributed by atoms with Gasteiger partial charge in [0.1, 0.15) is 0 Å². The van der Waals surface area contributed by atoms with Crippen LogP contribution in [-0.4, -0.2) is 43.8 Å². The zero-order valence-electron chi connectivity index (χ0n) is 13.2. The number of aryl methyl sites for hydroxylation is 1. The summed E-state index contributed by atoms with van der Waals surface area (Å²) in [6, 6.07) is 9.71. The van der Waals surface area contributed by atoms with Gasteiger partial charge in [0.25, 0.3) is 0 Å². The summed E-state index contributed by atoms with van der Waals surface area (Å²) in [5.41, 5.74) is 2.72. The van der Waals surface area contributed by atoms with Gasteiger partial charge in [-0.2, -0.15) is 0 Å². The van der Waals surface area contributed by atoms with E-state index in [4.69, 9.17) is 4.74 Å². The number of benzene rings is 1. The Balaban J connectivity index is 2.14. The molecule has 1 fully saturated rings. The van der Waals surface area contributed by atoms with Gasteiger partial charge in [-0.25, -0.2) is 0 Å². The van der Waals surface area contributed by atoms with Crippen molar-refractivity contribution in [2.24, 2.45) is 0 Å². The lowest BCUT2D eigenvalue weighted by Crippen LogP contribution is -2.49. The lowest BCUT2D eigenvalue weighted by atomic mass is 9.97. The van der Waals surface area contributed by atoms with Crippen LogP contribution in [0.1, 0.15) is 37.9 Å². The minimum absolute atomic E-state index is 0.225. The molecule has 0 aromatic heterocycles. The molecule has 0 bridgehead atoms. The van der Waals surface area contributed by atoms with Crippen molar-refractivity contribution in [3.63, 3.8) is 0 Å². The molecule has 0 radical (unpaired) electrons. The van der Waals surface area contributed by atoms with Crippen molar-refractivity contribution in [1.82, 2.24) is 10.2 Å². The Kier molecular flexibility index (Phi) is 5.58. The molecule has 2 rings (SSSR count). The van der Waals surface area contributed by atoms with Crippen LogP contribution < -0.4 is 5.32 Å². The molecular weight excluding hydrogens is 248 g/mol. The number of likely N-dealkylation sites (N-methyl/N-ethyl adjacent to an activating group) is 1. The maximum absolute atomic E-state index is 6.04. The van der Waals surface area contributed by atoms with Crippen molar-refractivity contribution in [3.8, 4) is 0 Å². The van der Waals surface area contributed by atoms with Crippen molar-refractivity contribution in [2.75, 3.05) is 26.7 Å². The number of nitrogens with one attached hydrogen (secondary N) is 1. The van der Waals surface area contributed by atoms with Gasteiger partial charge in [0.15, 0.2) is 0 Å². The fraction of sp³-hybridized carbons (Fsp3) is 0.647. The quantitative estimate of drug-likeness (QED) is 0.895.